The summed E-state index contributed by atoms with van der Waals surface area (Å²) in [5.74, 6) is -0.861. The topological polar surface area (TPSA) is 103 Å². The van der Waals surface area contributed by atoms with Crippen LogP contribution in [0.3, 0.4) is 0 Å². The van der Waals surface area contributed by atoms with Gasteiger partial charge in [0.05, 0.1) is 23.7 Å². The average Bonchev–Trinajstić information content (AvgIpc) is 3.19. The number of nitriles is 1. The van der Waals surface area contributed by atoms with E-state index in [9.17, 15) is 10.1 Å². The van der Waals surface area contributed by atoms with Crippen LogP contribution >= 0.6 is 0 Å². The number of aryl methyl sites for hydroxylation is 1. The molecule has 3 rings (SSSR count). The normalized spacial score (nSPS) is 12.8. The van der Waals surface area contributed by atoms with Crippen LogP contribution in [0.25, 0.3) is 10.9 Å². The first kappa shape index (κ1) is 29.2. The second-order valence-electron chi connectivity index (χ2n) is 10.4. The van der Waals surface area contributed by atoms with Crippen LogP contribution in [0.4, 0.5) is 0 Å². The van der Waals surface area contributed by atoms with Crippen molar-refractivity contribution in [2.75, 3.05) is 13.2 Å². The fourth-order valence-electron chi connectivity index (χ4n) is 4.68. The lowest BCUT2D eigenvalue weighted by molar-refractivity contribution is -0.298. The fraction of sp³-hybridized carbons (Fsp3) is 0.467. The Bertz CT molecular complexity index is 1280. The molecule has 3 aromatic rings. The van der Waals surface area contributed by atoms with Crippen molar-refractivity contribution < 1.29 is 19.0 Å². The maximum absolute atomic E-state index is 13.9. The van der Waals surface area contributed by atoms with Crippen molar-refractivity contribution in [1.29, 1.82) is 5.26 Å². The Hall–Kier alpha value is -3.38. The first-order valence-electron chi connectivity index (χ1n) is 13.0. The van der Waals surface area contributed by atoms with Gasteiger partial charge >= 0.3 is 0 Å². The number of carbonyl (C=O) groups is 1. The summed E-state index contributed by atoms with van der Waals surface area (Å²) in [6.45, 7) is 12.3. The molecule has 0 radical (unpaired) electrons. The Kier molecular flexibility index (Phi) is 9.21. The number of nitrogens with two attached hydrogens (primary N) is 1. The highest BCUT2D eigenvalue weighted by Gasteiger charge is 2.39. The monoisotopic (exact) mass is 520 g/mol. The van der Waals surface area contributed by atoms with Gasteiger partial charge in [0.1, 0.15) is 17.4 Å². The van der Waals surface area contributed by atoms with Crippen LogP contribution in [0.5, 0.6) is 5.75 Å². The fourth-order valence-corrected chi connectivity index (χ4v) is 4.68. The van der Waals surface area contributed by atoms with Crippen LogP contribution in [0.2, 0.25) is 0 Å². The molecule has 2 N–H and O–H groups in total. The summed E-state index contributed by atoms with van der Waals surface area (Å²) in [7, 11) is 1.89. The summed E-state index contributed by atoms with van der Waals surface area (Å²) in [4.78, 5) is 15.5. The summed E-state index contributed by atoms with van der Waals surface area (Å²) in [6.07, 6.45) is 2.13. The van der Waals surface area contributed by atoms with Gasteiger partial charge in [0.2, 0.25) is 5.91 Å². The molecule has 0 aliphatic rings. The van der Waals surface area contributed by atoms with E-state index < -0.39 is 12.0 Å². The van der Waals surface area contributed by atoms with E-state index in [-0.39, 0.29) is 18.1 Å². The highest BCUT2D eigenvalue weighted by atomic mass is 16.7. The third-order valence-electron chi connectivity index (χ3n) is 6.23. The van der Waals surface area contributed by atoms with Gasteiger partial charge in [0, 0.05) is 38.8 Å². The highest BCUT2D eigenvalue weighted by molar-refractivity contribution is 5.89. The molecule has 0 aliphatic carbocycles. The third-order valence-corrected chi connectivity index (χ3v) is 6.23. The molecule has 1 aromatic heterocycles. The molecule has 1 unspecified atom stereocenters. The molecule has 1 heterocycles. The molecule has 8 nitrogen and oxygen atoms in total. The molecule has 204 valence electrons. The van der Waals surface area contributed by atoms with Crippen molar-refractivity contribution >= 4 is 16.8 Å². The lowest BCUT2D eigenvalue weighted by Crippen LogP contribution is -2.57. The number of para-hydroxylation sites is 1. The van der Waals surface area contributed by atoms with Crippen molar-refractivity contribution in [3.05, 3.63) is 65.4 Å². The Labute approximate surface area is 225 Å². The molecule has 38 heavy (non-hydrogen) atoms. The summed E-state index contributed by atoms with van der Waals surface area (Å²) < 4.78 is 19.8. The van der Waals surface area contributed by atoms with Gasteiger partial charge in [-0.05, 0) is 64.3 Å². The molecule has 0 saturated carbocycles. The van der Waals surface area contributed by atoms with E-state index in [0.717, 1.165) is 27.8 Å². The van der Waals surface area contributed by atoms with Crippen molar-refractivity contribution in [2.24, 2.45) is 12.8 Å². The van der Waals surface area contributed by atoms with Crippen LogP contribution in [0, 0.1) is 11.3 Å². The zero-order chi connectivity index (χ0) is 28.1. The predicted molar refractivity (Wildman–Crippen MR) is 148 cm³/mol. The van der Waals surface area contributed by atoms with Gasteiger partial charge in [0.25, 0.3) is 5.91 Å². The molecule has 1 amide bonds. The van der Waals surface area contributed by atoms with Crippen molar-refractivity contribution in [1.82, 2.24) is 9.47 Å². The largest absolute Gasteiger partial charge is 0.488 e. The molecule has 1 atom stereocenters. The number of benzene rings is 2. The first-order valence-corrected chi connectivity index (χ1v) is 13.0. The van der Waals surface area contributed by atoms with Crippen LogP contribution in [-0.2, 0) is 34.3 Å². The second-order valence-corrected chi connectivity index (χ2v) is 10.4. The number of ether oxygens (including phenoxy) is 3. The van der Waals surface area contributed by atoms with E-state index >= 15 is 0 Å². The lowest BCUT2D eigenvalue weighted by Gasteiger charge is -2.41. The van der Waals surface area contributed by atoms with Gasteiger partial charge in [-0.1, -0.05) is 30.3 Å². The molecule has 8 heteroatoms. The molecule has 2 aromatic carbocycles. The zero-order valence-electron chi connectivity index (χ0n) is 23.6. The standard InChI is InChI=1S/C30H40N4O4/c1-8-36-30(6,37-9-2)34(20-22-11-10-12-25-23(18-31)19-33(7)27(22)25)28(35)26(32)17-21-13-15-24(16-14-21)38-29(3,4)5/h10-16,19,26H,8-9,17,20,32H2,1-7H3. The number of hydrogen-bond acceptors (Lipinski definition) is 6. The summed E-state index contributed by atoms with van der Waals surface area (Å²) in [5, 5.41) is 10.4. The molecule has 0 saturated heterocycles. The maximum atomic E-state index is 13.9. The molecular formula is C30H40N4O4. The van der Waals surface area contributed by atoms with Gasteiger partial charge in [0.15, 0.2) is 0 Å². The molecule has 0 fully saturated rings. The smallest absolute Gasteiger partial charge is 0.251 e. The highest BCUT2D eigenvalue weighted by Crippen LogP contribution is 2.29. The zero-order valence-corrected chi connectivity index (χ0v) is 23.6. The van der Waals surface area contributed by atoms with Crippen LogP contribution < -0.4 is 10.5 Å². The molecule has 0 aliphatic heterocycles. The Morgan fingerprint density at radius 1 is 1.08 bits per heavy atom. The third kappa shape index (κ3) is 6.73. The van der Waals surface area contributed by atoms with E-state index in [4.69, 9.17) is 19.9 Å². The van der Waals surface area contributed by atoms with Gasteiger partial charge in [-0.15, -0.1) is 0 Å². The quantitative estimate of drug-likeness (QED) is 0.362. The van der Waals surface area contributed by atoms with E-state index in [1.54, 1.807) is 18.0 Å². The number of fused-ring (bicyclic) bond motifs is 1. The number of rotatable bonds is 11. The van der Waals surface area contributed by atoms with Crippen LogP contribution in [0.1, 0.15) is 58.2 Å². The Morgan fingerprint density at radius 2 is 1.71 bits per heavy atom. The van der Waals surface area contributed by atoms with E-state index in [0.29, 0.717) is 25.2 Å². The van der Waals surface area contributed by atoms with Gasteiger partial charge < -0.3 is 24.5 Å². The first-order chi connectivity index (χ1) is 17.9. The molecule has 0 spiro atoms. The van der Waals surface area contributed by atoms with Gasteiger partial charge in [-0.25, -0.2) is 0 Å². The second kappa shape index (κ2) is 12.0. The number of hydrogen-bond donors (Lipinski definition) is 1. The van der Waals surface area contributed by atoms with Crippen LogP contribution in [0.15, 0.2) is 48.7 Å². The number of amides is 1. The number of nitrogens with zero attached hydrogens (tertiary/aromatic N) is 3. The predicted octanol–water partition coefficient (Wildman–Crippen LogP) is 4.87. The number of carbonyl (C=O) groups excluding carboxylic acids is 1. The van der Waals surface area contributed by atoms with Crippen molar-refractivity contribution in [3.63, 3.8) is 0 Å². The average molecular weight is 521 g/mol. The van der Waals surface area contributed by atoms with E-state index in [2.05, 4.69) is 6.07 Å². The van der Waals surface area contributed by atoms with Gasteiger partial charge in [-0.2, -0.15) is 5.26 Å². The van der Waals surface area contributed by atoms with Crippen LogP contribution in [-0.4, -0.2) is 46.1 Å². The van der Waals surface area contributed by atoms with Gasteiger partial charge in [-0.3, -0.25) is 9.69 Å². The minimum Gasteiger partial charge on any atom is -0.488 e. The number of aromatic nitrogens is 1. The Morgan fingerprint density at radius 3 is 2.26 bits per heavy atom. The summed E-state index contributed by atoms with van der Waals surface area (Å²) in [5.41, 5.74) is 9.46. The molecular weight excluding hydrogens is 480 g/mol. The summed E-state index contributed by atoms with van der Waals surface area (Å²) >= 11 is 0. The summed E-state index contributed by atoms with van der Waals surface area (Å²) in [6, 6.07) is 14.8. The minimum absolute atomic E-state index is 0.196. The van der Waals surface area contributed by atoms with E-state index in [1.807, 2.05) is 88.7 Å². The Balaban J connectivity index is 1.94. The maximum Gasteiger partial charge on any atom is 0.251 e. The minimum atomic E-state index is -1.33. The van der Waals surface area contributed by atoms with Crippen molar-refractivity contribution in [3.8, 4) is 11.8 Å². The lowest BCUT2D eigenvalue weighted by atomic mass is 10.0. The van der Waals surface area contributed by atoms with Crippen molar-refractivity contribution in [2.45, 2.75) is 72.1 Å². The molecule has 0 bridgehead atoms. The SMILES string of the molecule is CCOC(C)(OCC)N(Cc1cccc2c(C#N)cn(C)c12)C(=O)C(N)Cc1ccc(OC(C)(C)C)cc1. The van der Waals surface area contributed by atoms with E-state index in [1.165, 1.54) is 0 Å².